The molecular formula is C17H32N2O. The van der Waals surface area contributed by atoms with Crippen LogP contribution in [-0.4, -0.2) is 42.3 Å². The molecule has 2 heterocycles. The van der Waals surface area contributed by atoms with Crippen molar-refractivity contribution in [3.05, 3.63) is 0 Å². The van der Waals surface area contributed by atoms with Gasteiger partial charge in [0, 0.05) is 25.2 Å². The second kappa shape index (κ2) is 6.33. The Balaban J connectivity index is 1.61. The van der Waals surface area contributed by atoms with Crippen molar-refractivity contribution in [1.29, 1.82) is 0 Å². The summed E-state index contributed by atoms with van der Waals surface area (Å²) in [6, 6.07) is 1.10. The number of rotatable bonds is 2. The van der Waals surface area contributed by atoms with Crippen LogP contribution in [-0.2, 0) is 4.74 Å². The molecule has 3 fully saturated rings. The molecule has 2 saturated heterocycles. The molecule has 116 valence electrons. The van der Waals surface area contributed by atoms with Gasteiger partial charge in [0.2, 0.25) is 0 Å². The molecule has 1 saturated carbocycles. The minimum absolute atomic E-state index is 0.239. The molecule has 3 atom stereocenters. The van der Waals surface area contributed by atoms with E-state index in [4.69, 9.17) is 10.5 Å². The van der Waals surface area contributed by atoms with Crippen LogP contribution in [0.2, 0.25) is 0 Å². The minimum Gasteiger partial charge on any atom is -0.375 e. The van der Waals surface area contributed by atoms with E-state index in [1.807, 2.05) is 0 Å². The number of hydrogen-bond acceptors (Lipinski definition) is 3. The number of ether oxygens (including phenoxy) is 1. The van der Waals surface area contributed by atoms with Gasteiger partial charge < -0.3 is 10.5 Å². The van der Waals surface area contributed by atoms with Crippen molar-refractivity contribution in [2.24, 2.45) is 11.7 Å². The maximum Gasteiger partial charge on any atom is 0.0697 e. The molecular weight excluding hydrogens is 248 g/mol. The molecule has 0 amide bonds. The Kier molecular flexibility index (Phi) is 4.68. The van der Waals surface area contributed by atoms with E-state index in [1.165, 1.54) is 70.9 Å². The van der Waals surface area contributed by atoms with E-state index in [0.717, 1.165) is 12.6 Å². The predicted octanol–water partition coefficient (Wildman–Crippen LogP) is 2.93. The Labute approximate surface area is 124 Å². The molecule has 1 spiro atoms. The first-order chi connectivity index (χ1) is 9.69. The van der Waals surface area contributed by atoms with E-state index < -0.39 is 0 Å². The lowest BCUT2D eigenvalue weighted by atomic mass is 9.77. The zero-order valence-corrected chi connectivity index (χ0v) is 13.2. The van der Waals surface area contributed by atoms with Crippen LogP contribution in [0, 0.1) is 5.92 Å². The number of nitrogens with zero attached hydrogens (tertiary/aromatic N) is 1. The Hall–Kier alpha value is -0.120. The van der Waals surface area contributed by atoms with Gasteiger partial charge in [0.05, 0.1) is 5.60 Å². The first-order valence-corrected chi connectivity index (χ1v) is 8.82. The lowest BCUT2D eigenvalue weighted by molar-refractivity contribution is -0.127. The third-order valence-corrected chi connectivity index (χ3v) is 5.98. The molecule has 0 aromatic carbocycles. The Bertz CT molecular complexity index is 307. The van der Waals surface area contributed by atoms with Gasteiger partial charge in [0.15, 0.2) is 0 Å². The SMILES string of the molecule is CC(N)C1CCCN(C2CCOC3(CCCCC3)C2)C1. The summed E-state index contributed by atoms with van der Waals surface area (Å²) in [7, 11) is 0. The fourth-order valence-corrected chi connectivity index (χ4v) is 4.66. The van der Waals surface area contributed by atoms with Gasteiger partial charge in [-0.2, -0.15) is 0 Å². The van der Waals surface area contributed by atoms with Crippen molar-refractivity contribution in [2.45, 2.75) is 82.4 Å². The summed E-state index contributed by atoms with van der Waals surface area (Å²) < 4.78 is 6.25. The van der Waals surface area contributed by atoms with Crippen LogP contribution in [0.1, 0.15) is 64.7 Å². The quantitative estimate of drug-likeness (QED) is 0.845. The summed E-state index contributed by atoms with van der Waals surface area (Å²) in [5.41, 5.74) is 6.38. The minimum atomic E-state index is 0.239. The molecule has 2 N–H and O–H groups in total. The average molecular weight is 280 g/mol. The molecule has 0 bridgehead atoms. The number of piperidine rings is 1. The maximum absolute atomic E-state index is 6.25. The normalized spacial score (nSPS) is 36.9. The highest BCUT2D eigenvalue weighted by molar-refractivity contribution is 4.94. The van der Waals surface area contributed by atoms with E-state index in [9.17, 15) is 0 Å². The van der Waals surface area contributed by atoms with Crippen molar-refractivity contribution in [3.8, 4) is 0 Å². The first kappa shape index (κ1) is 14.8. The summed E-state index contributed by atoms with van der Waals surface area (Å²) in [5, 5.41) is 0. The number of likely N-dealkylation sites (tertiary alicyclic amines) is 1. The van der Waals surface area contributed by atoms with Crippen molar-refractivity contribution < 1.29 is 4.74 Å². The number of nitrogens with two attached hydrogens (primary N) is 1. The lowest BCUT2D eigenvalue weighted by Crippen LogP contribution is -2.53. The average Bonchev–Trinajstić information content (AvgIpc) is 2.48. The second-order valence-electron chi connectivity index (χ2n) is 7.50. The zero-order chi connectivity index (χ0) is 14.0. The van der Waals surface area contributed by atoms with Crippen molar-refractivity contribution >= 4 is 0 Å². The summed E-state index contributed by atoms with van der Waals surface area (Å²) in [4.78, 5) is 2.75. The summed E-state index contributed by atoms with van der Waals surface area (Å²) in [5.74, 6) is 0.703. The Morgan fingerprint density at radius 1 is 1.15 bits per heavy atom. The molecule has 0 radical (unpaired) electrons. The molecule has 3 nitrogen and oxygen atoms in total. The van der Waals surface area contributed by atoms with Gasteiger partial charge in [-0.25, -0.2) is 0 Å². The molecule has 20 heavy (non-hydrogen) atoms. The van der Waals surface area contributed by atoms with Crippen LogP contribution in [0.4, 0.5) is 0 Å². The molecule has 3 aliphatic rings. The standard InChI is InChI=1S/C17H32N2O/c1-14(18)15-6-5-10-19(13-15)16-7-11-20-17(12-16)8-3-2-4-9-17/h14-16H,2-13,18H2,1H3. The third kappa shape index (κ3) is 3.20. The largest absolute Gasteiger partial charge is 0.375 e. The molecule has 3 rings (SSSR count). The van der Waals surface area contributed by atoms with Crippen LogP contribution < -0.4 is 5.73 Å². The molecule has 0 aromatic rings. The van der Waals surface area contributed by atoms with Crippen LogP contribution in [0.15, 0.2) is 0 Å². The van der Waals surface area contributed by atoms with E-state index in [1.54, 1.807) is 0 Å². The van der Waals surface area contributed by atoms with E-state index in [-0.39, 0.29) is 5.60 Å². The molecule has 2 aliphatic heterocycles. The van der Waals surface area contributed by atoms with Crippen molar-refractivity contribution in [2.75, 3.05) is 19.7 Å². The van der Waals surface area contributed by atoms with Gasteiger partial charge in [0.1, 0.15) is 0 Å². The highest BCUT2D eigenvalue weighted by Crippen LogP contribution is 2.40. The van der Waals surface area contributed by atoms with Crippen molar-refractivity contribution in [1.82, 2.24) is 4.90 Å². The van der Waals surface area contributed by atoms with E-state index in [2.05, 4.69) is 11.8 Å². The van der Waals surface area contributed by atoms with Gasteiger partial charge in [-0.3, -0.25) is 4.90 Å². The summed E-state index contributed by atoms with van der Waals surface area (Å²) in [6.07, 6.45) is 11.9. The van der Waals surface area contributed by atoms with Gasteiger partial charge in [-0.15, -0.1) is 0 Å². The number of hydrogen-bond donors (Lipinski definition) is 1. The van der Waals surface area contributed by atoms with Crippen LogP contribution in [0.25, 0.3) is 0 Å². The summed E-state index contributed by atoms with van der Waals surface area (Å²) in [6.45, 7) is 5.66. The van der Waals surface area contributed by atoms with Gasteiger partial charge in [-0.05, 0) is 57.9 Å². The third-order valence-electron chi connectivity index (χ3n) is 5.98. The predicted molar refractivity (Wildman–Crippen MR) is 82.7 cm³/mol. The van der Waals surface area contributed by atoms with Crippen molar-refractivity contribution in [3.63, 3.8) is 0 Å². The van der Waals surface area contributed by atoms with Gasteiger partial charge in [0.25, 0.3) is 0 Å². The van der Waals surface area contributed by atoms with E-state index >= 15 is 0 Å². The van der Waals surface area contributed by atoms with Crippen LogP contribution in [0.5, 0.6) is 0 Å². The smallest absolute Gasteiger partial charge is 0.0697 e. The first-order valence-electron chi connectivity index (χ1n) is 8.82. The topological polar surface area (TPSA) is 38.5 Å². The lowest BCUT2D eigenvalue weighted by Gasteiger charge is -2.48. The fraction of sp³-hybridized carbons (Fsp3) is 1.00. The molecule has 3 heteroatoms. The monoisotopic (exact) mass is 280 g/mol. The highest BCUT2D eigenvalue weighted by atomic mass is 16.5. The zero-order valence-electron chi connectivity index (χ0n) is 13.2. The summed E-state index contributed by atoms with van der Waals surface area (Å²) >= 11 is 0. The molecule has 0 aromatic heterocycles. The Morgan fingerprint density at radius 3 is 2.70 bits per heavy atom. The van der Waals surface area contributed by atoms with Crippen LogP contribution in [0.3, 0.4) is 0 Å². The van der Waals surface area contributed by atoms with E-state index in [0.29, 0.717) is 12.0 Å². The maximum atomic E-state index is 6.25. The second-order valence-corrected chi connectivity index (χ2v) is 7.50. The molecule has 3 unspecified atom stereocenters. The van der Waals surface area contributed by atoms with Crippen LogP contribution >= 0.6 is 0 Å². The molecule has 1 aliphatic carbocycles. The Morgan fingerprint density at radius 2 is 1.95 bits per heavy atom. The fourth-order valence-electron chi connectivity index (χ4n) is 4.66. The highest BCUT2D eigenvalue weighted by Gasteiger charge is 2.41. The van der Waals surface area contributed by atoms with Gasteiger partial charge in [-0.1, -0.05) is 19.3 Å². The van der Waals surface area contributed by atoms with Gasteiger partial charge >= 0.3 is 0 Å².